The Bertz CT molecular complexity index is 1020. The number of aromatic amines is 1. The summed E-state index contributed by atoms with van der Waals surface area (Å²) in [5.41, 5.74) is -0.0277. The summed E-state index contributed by atoms with van der Waals surface area (Å²) >= 11 is 0. The molecule has 1 heterocycles. The third-order valence-electron chi connectivity index (χ3n) is 6.83. The molecule has 4 saturated carbocycles. The maximum atomic E-state index is 13.0. The lowest BCUT2D eigenvalue weighted by molar-refractivity contribution is -0.195. The number of aliphatic hydroxyl groups excluding tert-OH is 1. The molecule has 29 heavy (non-hydrogen) atoms. The number of hydrogen-bond acceptors (Lipinski definition) is 6. The van der Waals surface area contributed by atoms with Crippen molar-refractivity contribution in [2.75, 3.05) is 6.61 Å². The first kappa shape index (κ1) is 18.2. The number of H-pyrrole nitrogens is 1. The van der Waals surface area contributed by atoms with Gasteiger partial charge in [0.15, 0.2) is 11.6 Å². The minimum atomic E-state index is -0.757. The highest BCUT2D eigenvalue weighted by Crippen LogP contribution is 2.62. The van der Waals surface area contributed by atoms with E-state index in [0.717, 1.165) is 37.6 Å². The minimum absolute atomic E-state index is 0.0434. The van der Waals surface area contributed by atoms with Crippen molar-refractivity contribution in [2.45, 2.75) is 44.1 Å². The quantitative estimate of drug-likeness (QED) is 0.417. The second-order valence-corrected chi connectivity index (χ2v) is 9.08. The van der Waals surface area contributed by atoms with Gasteiger partial charge in [-0.2, -0.15) is 5.26 Å². The molecule has 4 aliphatic carbocycles. The predicted octanol–water partition coefficient (Wildman–Crippen LogP) is 3.23. The smallest absolute Gasteiger partial charge is 0.312 e. The number of nitriles is 1. The van der Waals surface area contributed by atoms with E-state index in [1.54, 1.807) is 6.07 Å². The number of nitrogens with zero attached hydrogens (tertiary/aromatic N) is 2. The van der Waals surface area contributed by atoms with Crippen LogP contribution in [0.3, 0.4) is 0 Å². The fourth-order valence-electron chi connectivity index (χ4n) is 6.14. The Labute approximate surface area is 168 Å². The van der Waals surface area contributed by atoms with Crippen molar-refractivity contribution in [1.29, 1.82) is 5.26 Å². The summed E-state index contributed by atoms with van der Waals surface area (Å²) in [7, 11) is 0. The number of para-hydroxylation sites is 2. The van der Waals surface area contributed by atoms with E-state index >= 15 is 0 Å². The van der Waals surface area contributed by atoms with Gasteiger partial charge in [0.2, 0.25) is 0 Å². The van der Waals surface area contributed by atoms with Crippen LogP contribution in [0.15, 0.2) is 30.0 Å². The van der Waals surface area contributed by atoms with Gasteiger partial charge in [-0.05, 0) is 62.5 Å². The van der Waals surface area contributed by atoms with Crippen LogP contribution in [0.5, 0.6) is 0 Å². The number of hydrogen-bond donors (Lipinski definition) is 3. The van der Waals surface area contributed by atoms with Crippen LogP contribution in [0.1, 0.15) is 44.3 Å². The number of carbonyl (C=O) groups is 1. The molecule has 2 aromatic rings. The van der Waals surface area contributed by atoms with Crippen LogP contribution in [0.2, 0.25) is 0 Å². The predicted molar refractivity (Wildman–Crippen MR) is 104 cm³/mol. The summed E-state index contributed by atoms with van der Waals surface area (Å²) in [6, 6.07) is 9.27. The van der Waals surface area contributed by atoms with Gasteiger partial charge in [0.05, 0.1) is 22.0 Å². The molecule has 0 aliphatic heterocycles. The van der Waals surface area contributed by atoms with Gasteiger partial charge in [0, 0.05) is 0 Å². The van der Waals surface area contributed by atoms with Crippen molar-refractivity contribution in [2.24, 2.45) is 17.3 Å². The van der Waals surface area contributed by atoms with Crippen LogP contribution < -0.4 is 0 Å². The van der Waals surface area contributed by atoms with E-state index in [0.29, 0.717) is 23.8 Å². The van der Waals surface area contributed by atoms with Crippen molar-refractivity contribution < 1.29 is 19.7 Å². The Morgan fingerprint density at radius 3 is 2.66 bits per heavy atom. The van der Waals surface area contributed by atoms with E-state index in [4.69, 9.17) is 4.74 Å². The number of nitrogens with one attached hydrogen (secondary N) is 1. The molecule has 0 spiro atoms. The van der Waals surface area contributed by atoms with Crippen molar-refractivity contribution >= 4 is 22.6 Å². The number of imidazole rings is 1. The highest BCUT2D eigenvalue weighted by Gasteiger charge is 2.60. The molecule has 0 amide bonds. The molecule has 6 rings (SSSR count). The zero-order valence-electron chi connectivity index (χ0n) is 16.0. The number of carbonyl (C=O) groups excluding carboxylic acids is 1. The number of ether oxygens (including phenoxy) is 1. The van der Waals surface area contributed by atoms with Gasteiger partial charge in [-0.3, -0.25) is 4.79 Å². The van der Waals surface area contributed by atoms with E-state index in [1.807, 2.05) is 24.3 Å². The molecule has 1 aromatic heterocycles. The van der Waals surface area contributed by atoms with Crippen LogP contribution in [0.4, 0.5) is 0 Å². The van der Waals surface area contributed by atoms with E-state index in [-0.39, 0.29) is 29.7 Å². The number of benzene rings is 1. The number of aliphatic hydroxyl groups is 2. The summed E-state index contributed by atoms with van der Waals surface area (Å²) in [4.78, 5) is 20.3. The Hall–Kier alpha value is -2.85. The number of allylic oxidation sites excluding steroid dienone is 1. The molecule has 4 fully saturated rings. The van der Waals surface area contributed by atoms with Crippen LogP contribution in [-0.2, 0) is 9.53 Å². The zero-order valence-corrected chi connectivity index (χ0v) is 16.0. The van der Waals surface area contributed by atoms with Gasteiger partial charge in [-0.25, -0.2) is 4.98 Å². The van der Waals surface area contributed by atoms with Crippen LogP contribution >= 0.6 is 0 Å². The Morgan fingerprint density at radius 1 is 1.28 bits per heavy atom. The first-order valence-corrected chi connectivity index (χ1v) is 10.1. The number of esters is 1. The number of rotatable bonds is 4. The maximum absolute atomic E-state index is 13.0. The second-order valence-electron chi connectivity index (χ2n) is 9.08. The fourth-order valence-corrected chi connectivity index (χ4v) is 6.14. The fraction of sp³-hybridized carbons (Fsp3) is 0.500. The van der Waals surface area contributed by atoms with E-state index in [2.05, 4.69) is 9.97 Å². The summed E-state index contributed by atoms with van der Waals surface area (Å²) in [5, 5.41) is 30.8. The largest absolute Gasteiger partial charge is 0.507 e. The summed E-state index contributed by atoms with van der Waals surface area (Å²) < 4.78 is 5.46. The van der Waals surface area contributed by atoms with E-state index in [9.17, 15) is 20.3 Å². The van der Waals surface area contributed by atoms with Gasteiger partial charge in [-0.1, -0.05) is 12.1 Å². The summed E-state index contributed by atoms with van der Waals surface area (Å²) in [6.45, 7) is -0.381. The first-order valence-electron chi connectivity index (χ1n) is 10.1. The topological polar surface area (TPSA) is 119 Å². The Kier molecular flexibility index (Phi) is 3.97. The van der Waals surface area contributed by atoms with Crippen LogP contribution in [-0.4, -0.2) is 38.4 Å². The molecule has 0 saturated heterocycles. The van der Waals surface area contributed by atoms with Gasteiger partial charge in [0.25, 0.3) is 0 Å². The SMILES string of the molecule is N#C/C(=C(/O)COC(=O)C12CC3CC(CC(O)(C3)C1)C2)c1nc2ccccc2[nH]1. The van der Waals surface area contributed by atoms with E-state index in [1.165, 1.54) is 0 Å². The summed E-state index contributed by atoms with van der Waals surface area (Å²) in [6.07, 6.45) is 4.54. The Balaban J connectivity index is 1.35. The molecule has 150 valence electrons. The molecule has 2 unspecified atom stereocenters. The maximum Gasteiger partial charge on any atom is 0.312 e. The monoisotopic (exact) mass is 393 g/mol. The standard InChI is InChI=1S/C22H23N3O4/c23-10-15(19-24-16-3-1-2-4-17(16)25-19)18(26)11-29-20(27)21-6-13-5-14(7-21)9-22(28,8-13)12-21/h1-4,13-14,26,28H,5-9,11-12H2,(H,24,25)/b18-15-. The lowest BCUT2D eigenvalue weighted by atomic mass is 9.48. The highest BCUT2D eigenvalue weighted by atomic mass is 16.5. The molecule has 4 aliphatic rings. The average Bonchev–Trinajstić information content (AvgIpc) is 3.08. The van der Waals surface area contributed by atoms with Gasteiger partial charge < -0.3 is 19.9 Å². The first-order chi connectivity index (χ1) is 13.9. The molecule has 7 heteroatoms. The lowest BCUT2D eigenvalue weighted by Crippen LogP contribution is -2.58. The van der Waals surface area contributed by atoms with Gasteiger partial charge in [-0.15, -0.1) is 0 Å². The normalized spacial score (nSPS) is 33.4. The number of aromatic nitrogens is 2. The summed E-state index contributed by atoms with van der Waals surface area (Å²) in [5.74, 6) is 0.263. The van der Waals surface area contributed by atoms with Crippen molar-refractivity contribution in [3.05, 3.63) is 35.8 Å². The third kappa shape index (κ3) is 2.99. The molecular formula is C22H23N3O4. The zero-order chi connectivity index (χ0) is 20.2. The van der Waals surface area contributed by atoms with Crippen molar-refractivity contribution in [3.8, 4) is 6.07 Å². The third-order valence-corrected chi connectivity index (χ3v) is 6.83. The molecule has 1 aromatic carbocycles. The highest BCUT2D eigenvalue weighted by molar-refractivity contribution is 5.83. The molecule has 4 bridgehead atoms. The Morgan fingerprint density at radius 2 is 2.00 bits per heavy atom. The second kappa shape index (κ2) is 6.33. The average molecular weight is 393 g/mol. The molecule has 2 atom stereocenters. The molecule has 0 radical (unpaired) electrons. The molecule has 7 nitrogen and oxygen atoms in total. The van der Waals surface area contributed by atoms with Gasteiger partial charge in [0.1, 0.15) is 18.2 Å². The molecule has 3 N–H and O–H groups in total. The van der Waals surface area contributed by atoms with Crippen LogP contribution in [0, 0.1) is 28.6 Å². The molecular weight excluding hydrogens is 370 g/mol. The van der Waals surface area contributed by atoms with Crippen molar-refractivity contribution in [3.63, 3.8) is 0 Å². The minimum Gasteiger partial charge on any atom is -0.507 e. The lowest BCUT2D eigenvalue weighted by Gasteiger charge is -2.58. The van der Waals surface area contributed by atoms with Crippen molar-refractivity contribution in [1.82, 2.24) is 9.97 Å². The van der Waals surface area contributed by atoms with Crippen LogP contribution in [0.25, 0.3) is 16.6 Å². The van der Waals surface area contributed by atoms with Gasteiger partial charge >= 0.3 is 5.97 Å². The number of fused-ring (bicyclic) bond motifs is 1. The van der Waals surface area contributed by atoms with E-state index < -0.39 is 11.0 Å².